The number of rotatable bonds is 5. The molecule has 1 fully saturated rings. The van der Waals surface area contributed by atoms with Crippen LogP contribution in [0.25, 0.3) is 5.69 Å². The summed E-state index contributed by atoms with van der Waals surface area (Å²) in [6.45, 7) is 2.65. The Morgan fingerprint density at radius 2 is 2.12 bits per heavy atom. The van der Waals surface area contributed by atoms with Gasteiger partial charge in [-0.05, 0) is 19.1 Å². The lowest BCUT2D eigenvalue weighted by atomic mass is 10.2. The predicted molar refractivity (Wildman–Crippen MR) is 90.8 cm³/mol. The van der Waals surface area contributed by atoms with Crippen LogP contribution in [0.15, 0.2) is 35.7 Å². The van der Waals surface area contributed by atoms with Crippen molar-refractivity contribution < 1.29 is 19.4 Å². The molecule has 1 aromatic carbocycles. The Labute approximate surface area is 148 Å². The number of carboxylic acids is 1. The molecule has 2 aromatic rings. The van der Waals surface area contributed by atoms with E-state index in [2.05, 4.69) is 10.2 Å². The maximum atomic E-state index is 12.4. The van der Waals surface area contributed by atoms with Crippen molar-refractivity contribution in [3.8, 4) is 5.69 Å². The fourth-order valence-electron chi connectivity index (χ4n) is 2.52. The summed E-state index contributed by atoms with van der Waals surface area (Å²) in [5.74, 6) is -1.21. The van der Waals surface area contributed by atoms with E-state index >= 15 is 0 Å². The Morgan fingerprint density at radius 1 is 1.36 bits per heavy atom. The van der Waals surface area contributed by atoms with Crippen molar-refractivity contribution in [3.05, 3.63) is 36.2 Å². The highest BCUT2D eigenvalue weighted by Gasteiger charge is 2.32. The van der Waals surface area contributed by atoms with Gasteiger partial charge in [-0.25, -0.2) is 4.79 Å². The molecule has 132 valence electrons. The Kier molecular flexibility index (Phi) is 5.34. The molecule has 2 heterocycles. The van der Waals surface area contributed by atoms with E-state index in [4.69, 9.17) is 4.74 Å². The van der Waals surface area contributed by atoms with Gasteiger partial charge >= 0.3 is 5.97 Å². The van der Waals surface area contributed by atoms with Crippen LogP contribution in [0.3, 0.4) is 0 Å². The Morgan fingerprint density at radius 3 is 2.84 bits per heavy atom. The van der Waals surface area contributed by atoms with E-state index < -0.39 is 12.0 Å². The zero-order valence-electron chi connectivity index (χ0n) is 13.7. The van der Waals surface area contributed by atoms with Crippen molar-refractivity contribution in [3.63, 3.8) is 0 Å². The molecule has 0 bridgehead atoms. The second-order valence-electron chi connectivity index (χ2n) is 5.62. The fourth-order valence-corrected chi connectivity index (χ4v) is 3.34. The number of ether oxygens (including phenoxy) is 1. The number of aromatic nitrogens is 3. The fraction of sp³-hybridized carbons (Fsp3) is 0.375. The van der Waals surface area contributed by atoms with Crippen LogP contribution in [0.2, 0.25) is 0 Å². The van der Waals surface area contributed by atoms with Crippen molar-refractivity contribution in [2.45, 2.75) is 18.1 Å². The summed E-state index contributed by atoms with van der Waals surface area (Å²) in [6, 6.07) is 6.94. The standard InChI is InChI=1S/C16H18N4O4S/c1-11-2-4-12(5-3-11)20-10-17-18-16(20)25-9-14(21)19-6-7-24-8-13(19)15(22)23/h2-5,10,13H,6-9H2,1H3,(H,22,23). The number of hydrogen-bond acceptors (Lipinski definition) is 6. The number of aryl methyl sites for hydroxylation is 1. The van der Waals surface area contributed by atoms with Crippen molar-refractivity contribution >= 4 is 23.6 Å². The van der Waals surface area contributed by atoms with Crippen LogP contribution >= 0.6 is 11.8 Å². The number of carbonyl (C=O) groups excluding carboxylic acids is 1. The first-order valence-electron chi connectivity index (χ1n) is 7.76. The van der Waals surface area contributed by atoms with Gasteiger partial charge in [0, 0.05) is 12.2 Å². The minimum atomic E-state index is -1.05. The lowest BCUT2D eigenvalue weighted by molar-refractivity contribution is -0.157. The topological polar surface area (TPSA) is 97.5 Å². The molecule has 1 aromatic heterocycles. The highest BCUT2D eigenvalue weighted by atomic mass is 32.2. The van der Waals surface area contributed by atoms with E-state index in [1.807, 2.05) is 31.2 Å². The van der Waals surface area contributed by atoms with E-state index in [1.54, 1.807) is 10.9 Å². The molecule has 0 radical (unpaired) electrons. The Hall–Kier alpha value is -2.39. The van der Waals surface area contributed by atoms with Crippen LogP contribution < -0.4 is 0 Å². The molecule has 1 atom stereocenters. The number of benzene rings is 1. The summed E-state index contributed by atoms with van der Waals surface area (Å²) in [4.78, 5) is 25.0. The van der Waals surface area contributed by atoms with Gasteiger partial charge in [0.2, 0.25) is 5.91 Å². The number of thioether (sulfide) groups is 1. The molecule has 1 aliphatic heterocycles. The normalized spacial score (nSPS) is 17.5. The zero-order valence-corrected chi connectivity index (χ0v) is 14.5. The molecule has 25 heavy (non-hydrogen) atoms. The summed E-state index contributed by atoms with van der Waals surface area (Å²) in [5.41, 5.74) is 2.05. The summed E-state index contributed by atoms with van der Waals surface area (Å²) >= 11 is 1.23. The highest BCUT2D eigenvalue weighted by Crippen LogP contribution is 2.21. The lowest BCUT2D eigenvalue weighted by Gasteiger charge is -2.32. The van der Waals surface area contributed by atoms with Crippen LogP contribution in [-0.4, -0.2) is 68.2 Å². The number of carbonyl (C=O) groups is 2. The van der Waals surface area contributed by atoms with Crippen LogP contribution in [0.4, 0.5) is 0 Å². The molecule has 1 amide bonds. The average Bonchev–Trinajstić information content (AvgIpc) is 3.09. The van der Waals surface area contributed by atoms with E-state index in [-0.39, 0.29) is 24.8 Å². The van der Waals surface area contributed by atoms with Gasteiger partial charge in [-0.15, -0.1) is 10.2 Å². The number of aliphatic carboxylic acids is 1. The number of amides is 1. The maximum absolute atomic E-state index is 12.4. The molecule has 1 saturated heterocycles. The zero-order chi connectivity index (χ0) is 17.8. The summed E-state index contributed by atoms with van der Waals surface area (Å²) in [6.07, 6.45) is 1.59. The second-order valence-corrected chi connectivity index (χ2v) is 6.57. The van der Waals surface area contributed by atoms with Gasteiger partial charge in [0.1, 0.15) is 6.33 Å². The molecule has 0 saturated carbocycles. The van der Waals surface area contributed by atoms with E-state index in [1.165, 1.54) is 16.7 Å². The summed E-state index contributed by atoms with van der Waals surface area (Å²) in [7, 11) is 0. The first kappa shape index (κ1) is 17.4. The van der Waals surface area contributed by atoms with Gasteiger partial charge in [-0.2, -0.15) is 0 Å². The van der Waals surface area contributed by atoms with Crippen LogP contribution in [0.5, 0.6) is 0 Å². The lowest BCUT2D eigenvalue weighted by Crippen LogP contribution is -2.53. The second kappa shape index (κ2) is 7.66. The largest absolute Gasteiger partial charge is 0.480 e. The molecular weight excluding hydrogens is 344 g/mol. The third kappa shape index (κ3) is 3.99. The number of nitrogens with zero attached hydrogens (tertiary/aromatic N) is 4. The molecule has 1 aliphatic rings. The molecule has 0 spiro atoms. The van der Waals surface area contributed by atoms with Crippen molar-refractivity contribution in [2.75, 3.05) is 25.5 Å². The minimum Gasteiger partial charge on any atom is -0.480 e. The average molecular weight is 362 g/mol. The van der Waals surface area contributed by atoms with Crippen molar-refractivity contribution in [1.82, 2.24) is 19.7 Å². The predicted octanol–water partition coefficient (Wildman–Crippen LogP) is 0.980. The maximum Gasteiger partial charge on any atom is 0.328 e. The van der Waals surface area contributed by atoms with Gasteiger partial charge < -0.3 is 14.7 Å². The molecular formula is C16H18N4O4S. The summed E-state index contributed by atoms with van der Waals surface area (Å²) < 4.78 is 6.95. The van der Waals surface area contributed by atoms with Crippen LogP contribution in [-0.2, 0) is 14.3 Å². The quantitative estimate of drug-likeness (QED) is 0.792. The van der Waals surface area contributed by atoms with Gasteiger partial charge in [0.25, 0.3) is 0 Å². The number of morpholine rings is 1. The van der Waals surface area contributed by atoms with E-state index in [0.717, 1.165) is 11.3 Å². The molecule has 3 rings (SSSR count). The van der Waals surface area contributed by atoms with Gasteiger partial charge in [0.15, 0.2) is 11.2 Å². The van der Waals surface area contributed by atoms with Gasteiger partial charge in [-0.3, -0.25) is 9.36 Å². The SMILES string of the molecule is Cc1ccc(-n2cnnc2SCC(=O)N2CCOCC2C(=O)O)cc1. The van der Waals surface area contributed by atoms with E-state index in [0.29, 0.717) is 11.8 Å². The monoisotopic (exact) mass is 362 g/mol. The Balaban J connectivity index is 1.68. The molecule has 1 unspecified atom stereocenters. The number of carboxylic acid groups (broad SMARTS) is 1. The first-order chi connectivity index (χ1) is 12.1. The smallest absolute Gasteiger partial charge is 0.328 e. The third-order valence-electron chi connectivity index (χ3n) is 3.89. The molecule has 9 heteroatoms. The number of hydrogen-bond donors (Lipinski definition) is 1. The summed E-state index contributed by atoms with van der Waals surface area (Å²) in [5, 5.41) is 17.8. The highest BCUT2D eigenvalue weighted by molar-refractivity contribution is 7.99. The van der Waals surface area contributed by atoms with Crippen LogP contribution in [0, 0.1) is 6.92 Å². The molecule has 8 nitrogen and oxygen atoms in total. The third-order valence-corrected chi connectivity index (χ3v) is 4.82. The van der Waals surface area contributed by atoms with Crippen molar-refractivity contribution in [1.29, 1.82) is 0 Å². The minimum absolute atomic E-state index is 0.0191. The molecule has 0 aliphatic carbocycles. The van der Waals surface area contributed by atoms with Crippen molar-refractivity contribution in [2.24, 2.45) is 0 Å². The van der Waals surface area contributed by atoms with E-state index in [9.17, 15) is 14.7 Å². The Bertz CT molecular complexity index is 762. The first-order valence-corrected chi connectivity index (χ1v) is 8.74. The molecule has 1 N–H and O–H groups in total. The van der Waals surface area contributed by atoms with Crippen LogP contribution in [0.1, 0.15) is 5.56 Å². The van der Waals surface area contributed by atoms with Gasteiger partial charge in [-0.1, -0.05) is 29.5 Å². The van der Waals surface area contributed by atoms with Gasteiger partial charge in [0.05, 0.1) is 19.0 Å².